The van der Waals surface area contributed by atoms with Crippen LogP contribution in [-0.4, -0.2) is 17.6 Å². The first-order valence-electron chi connectivity index (χ1n) is 6.38. The molecule has 2 aromatic carbocycles. The lowest BCUT2D eigenvalue weighted by Crippen LogP contribution is -2.25. The highest BCUT2D eigenvalue weighted by Crippen LogP contribution is 2.15. The van der Waals surface area contributed by atoms with E-state index in [2.05, 4.69) is 21.2 Å². The van der Waals surface area contributed by atoms with Crippen molar-refractivity contribution >= 4 is 21.8 Å². The predicted octanol–water partition coefficient (Wildman–Crippen LogP) is 3.44. The normalized spacial score (nSPS) is 10.3. The number of phenols is 1. The molecular weight excluding hydrogens is 318 g/mol. The lowest BCUT2D eigenvalue weighted by molar-refractivity contribution is 0.0954. The smallest absolute Gasteiger partial charge is 0.251 e. The molecule has 0 aliphatic carbocycles. The minimum absolute atomic E-state index is 0.0758. The number of rotatable bonds is 4. The highest BCUT2D eigenvalue weighted by molar-refractivity contribution is 9.10. The molecule has 0 atom stereocenters. The monoisotopic (exact) mass is 333 g/mol. The molecule has 20 heavy (non-hydrogen) atoms. The molecule has 0 bridgehead atoms. The average Bonchev–Trinajstić information content (AvgIpc) is 2.40. The van der Waals surface area contributed by atoms with Crippen LogP contribution in [0.3, 0.4) is 0 Å². The van der Waals surface area contributed by atoms with E-state index in [9.17, 15) is 9.90 Å². The van der Waals surface area contributed by atoms with Gasteiger partial charge in [-0.25, -0.2) is 0 Å². The van der Waals surface area contributed by atoms with Gasteiger partial charge < -0.3 is 10.4 Å². The van der Waals surface area contributed by atoms with Crippen LogP contribution in [-0.2, 0) is 6.42 Å². The molecule has 3 nitrogen and oxygen atoms in total. The van der Waals surface area contributed by atoms with Gasteiger partial charge in [-0.05, 0) is 54.8 Å². The van der Waals surface area contributed by atoms with Crippen LogP contribution >= 0.6 is 15.9 Å². The van der Waals surface area contributed by atoms with E-state index in [-0.39, 0.29) is 11.7 Å². The number of halogens is 1. The second kappa shape index (κ2) is 6.57. The Bertz CT molecular complexity index is 588. The standard InChI is InChI=1S/C16H16BrNO2/c1-11-8-13(10-14(17)9-11)16(20)18-7-6-12-2-4-15(19)5-3-12/h2-5,8-10,19H,6-7H2,1H3,(H,18,20). The molecule has 0 aliphatic heterocycles. The van der Waals surface area contributed by atoms with Crippen molar-refractivity contribution < 1.29 is 9.90 Å². The number of hydrogen-bond donors (Lipinski definition) is 2. The van der Waals surface area contributed by atoms with Crippen LogP contribution in [0.25, 0.3) is 0 Å². The lowest BCUT2D eigenvalue weighted by atomic mass is 10.1. The third-order valence-corrected chi connectivity index (χ3v) is 3.40. The summed E-state index contributed by atoms with van der Waals surface area (Å²) in [6.07, 6.45) is 0.735. The summed E-state index contributed by atoms with van der Waals surface area (Å²) in [6.45, 7) is 2.52. The molecule has 0 saturated carbocycles. The third kappa shape index (κ3) is 4.10. The minimum Gasteiger partial charge on any atom is -0.508 e. The van der Waals surface area contributed by atoms with E-state index in [1.807, 2.05) is 37.3 Å². The van der Waals surface area contributed by atoms with Crippen molar-refractivity contribution in [3.05, 3.63) is 63.6 Å². The van der Waals surface area contributed by atoms with Crippen LogP contribution in [0.1, 0.15) is 21.5 Å². The van der Waals surface area contributed by atoms with Crippen LogP contribution in [0, 0.1) is 6.92 Å². The number of carbonyl (C=O) groups excluding carboxylic acids is 1. The van der Waals surface area contributed by atoms with Crippen molar-refractivity contribution in [3.63, 3.8) is 0 Å². The maximum Gasteiger partial charge on any atom is 0.251 e. The van der Waals surface area contributed by atoms with Crippen molar-refractivity contribution in [2.24, 2.45) is 0 Å². The van der Waals surface area contributed by atoms with Gasteiger partial charge in [-0.15, -0.1) is 0 Å². The molecule has 0 saturated heterocycles. The Kier molecular flexibility index (Phi) is 4.79. The van der Waals surface area contributed by atoms with E-state index in [1.54, 1.807) is 12.1 Å². The van der Waals surface area contributed by atoms with Crippen molar-refractivity contribution in [2.75, 3.05) is 6.54 Å². The second-order valence-electron chi connectivity index (χ2n) is 4.69. The minimum atomic E-state index is -0.0758. The van der Waals surface area contributed by atoms with Gasteiger partial charge in [-0.3, -0.25) is 4.79 Å². The Morgan fingerprint density at radius 3 is 2.55 bits per heavy atom. The number of aromatic hydroxyl groups is 1. The Morgan fingerprint density at radius 2 is 1.90 bits per heavy atom. The van der Waals surface area contributed by atoms with Gasteiger partial charge in [0, 0.05) is 16.6 Å². The number of nitrogens with one attached hydrogen (secondary N) is 1. The first-order valence-corrected chi connectivity index (χ1v) is 7.17. The molecule has 0 radical (unpaired) electrons. The molecule has 0 spiro atoms. The number of carbonyl (C=O) groups is 1. The highest BCUT2D eigenvalue weighted by Gasteiger charge is 2.06. The molecule has 2 aromatic rings. The molecule has 0 aliphatic rings. The zero-order chi connectivity index (χ0) is 14.5. The fourth-order valence-electron chi connectivity index (χ4n) is 1.95. The molecule has 0 fully saturated rings. The fourth-order valence-corrected chi connectivity index (χ4v) is 2.56. The Labute approximate surface area is 126 Å². The van der Waals surface area contributed by atoms with Crippen molar-refractivity contribution in [2.45, 2.75) is 13.3 Å². The summed E-state index contributed by atoms with van der Waals surface area (Å²) in [6, 6.07) is 12.6. The second-order valence-corrected chi connectivity index (χ2v) is 5.61. The highest BCUT2D eigenvalue weighted by atomic mass is 79.9. The summed E-state index contributed by atoms with van der Waals surface area (Å²) in [7, 11) is 0. The summed E-state index contributed by atoms with van der Waals surface area (Å²) < 4.78 is 0.904. The first kappa shape index (κ1) is 14.6. The van der Waals surface area contributed by atoms with Crippen molar-refractivity contribution in [1.82, 2.24) is 5.32 Å². The topological polar surface area (TPSA) is 49.3 Å². The summed E-state index contributed by atoms with van der Waals surface area (Å²) >= 11 is 3.39. The summed E-state index contributed by atoms with van der Waals surface area (Å²) in [5, 5.41) is 12.1. The maximum atomic E-state index is 12.0. The van der Waals surface area contributed by atoms with E-state index in [0.717, 1.165) is 22.0 Å². The van der Waals surface area contributed by atoms with Crippen LogP contribution in [0.2, 0.25) is 0 Å². The molecule has 104 valence electrons. The van der Waals surface area contributed by atoms with Crippen molar-refractivity contribution in [3.8, 4) is 5.75 Å². The molecular formula is C16H16BrNO2. The summed E-state index contributed by atoms with van der Waals surface area (Å²) in [5.41, 5.74) is 2.78. The molecule has 0 aromatic heterocycles. The zero-order valence-corrected chi connectivity index (χ0v) is 12.8. The van der Waals surface area contributed by atoms with Crippen LogP contribution < -0.4 is 5.32 Å². The predicted molar refractivity (Wildman–Crippen MR) is 83.0 cm³/mol. The SMILES string of the molecule is Cc1cc(Br)cc(C(=O)NCCc2ccc(O)cc2)c1. The Morgan fingerprint density at radius 1 is 1.20 bits per heavy atom. The van der Waals surface area contributed by atoms with E-state index in [4.69, 9.17) is 0 Å². The zero-order valence-electron chi connectivity index (χ0n) is 11.2. The van der Waals surface area contributed by atoms with Crippen LogP contribution in [0.5, 0.6) is 5.75 Å². The lowest BCUT2D eigenvalue weighted by Gasteiger charge is -2.07. The van der Waals surface area contributed by atoms with E-state index < -0.39 is 0 Å². The fraction of sp³-hybridized carbons (Fsp3) is 0.188. The van der Waals surface area contributed by atoms with Gasteiger partial charge in [0.2, 0.25) is 0 Å². The van der Waals surface area contributed by atoms with Gasteiger partial charge in [0.1, 0.15) is 5.75 Å². The molecule has 1 amide bonds. The number of phenolic OH excluding ortho intramolecular Hbond substituents is 1. The largest absolute Gasteiger partial charge is 0.508 e. The quantitative estimate of drug-likeness (QED) is 0.900. The average molecular weight is 334 g/mol. The van der Waals surface area contributed by atoms with E-state index in [0.29, 0.717) is 12.1 Å². The van der Waals surface area contributed by atoms with Gasteiger partial charge >= 0.3 is 0 Å². The van der Waals surface area contributed by atoms with Crippen molar-refractivity contribution in [1.29, 1.82) is 0 Å². The Balaban J connectivity index is 1.90. The number of benzene rings is 2. The number of hydrogen-bond acceptors (Lipinski definition) is 2. The van der Waals surface area contributed by atoms with Gasteiger partial charge in [-0.1, -0.05) is 28.1 Å². The molecule has 0 unspecified atom stereocenters. The van der Waals surface area contributed by atoms with Gasteiger partial charge in [0.25, 0.3) is 5.91 Å². The van der Waals surface area contributed by atoms with Gasteiger partial charge in [0.05, 0.1) is 0 Å². The summed E-state index contributed by atoms with van der Waals surface area (Å²) in [4.78, 5) is 12.0. The molecule has 4 heteroatoms. The van der Waals surface area contributed by atoms with Crippen LogP contribution in [0.15, 0.2) is 46.9 Å². The first-order chi connectivity index (χ1) is 9.54. The number of amides is 1. The maximum absolute atomic E-state index is 12.0. The van der Waals surface area contributed by atoms with Crippen LogP contribution in [0.4, 0.5) is 0 Å². The summed E-state index contributed by atoms with van der Waals surface area (Å²) in [5.74, 6) is 0.176. The van der Waals surface area contributed by atoms with Gasteiger partial charge in [0.15, 0.2) is 0 Å². The Hall–Kier alpha value is -1.81. The van der Waals surface area contributed by atoms with E-state index in [1.165, 1.54) is 0 Å². The van der Waals surface area contributed by atoms with E-state index >= 15 is 0 Å². The molecule has 2 N–H and O–H groups in total. The number of aryl methyl sites for hydroxylation is 1. The van der Waals surface area contributed by atoms with Gasteiger partial charge in [-0.2, -0.15) is 0 Å². The molecule has 2 rings (SSSR count). The molecule has 0 heterocycles. The third-order valence-electron chi connectivity index (χ3n) is 2.94.